The molecule has 1 atom stereocenters. The number of guanidine groups is 1. The van der Waals surface area contributed by atoms with Crippen molar-refractivity contribution in [1.82, 2.24) is 15.6 Å². The zero-order chi connectivity index (χ0) is 21.5. The molecule has 166 valence electrons. The molecule has 2 N–H and O–H groups in total. The first-order chi connectivity index (χ1) is 15.2. The second-order valence-corrected chi connectivity index (χ2v) is 8.29. The van der Waals surface area contributed by atoms with E-state index < -0.39 is 0 Å². The molecule has 1 aromatic carbocycles. The van der Waals surface area contributed by atoms with Crippen LogP contribution in [-0.2, 0) is 17.8 Å². The maximum absolute atomic E-state index is 6.01. The van der Waals surface area contributed by atoms with Crippen molar-refractivity contribution < 1.29 is 9.47 Å². The lowest BCUT2D eigenvalue weighted by Crippen LogP contribution is -2.41. The van der Waals surface area contributed by atoms with Crippen LogP contribution in [0, 0.1) is 5.92 Å². The van der Waals surface area contributed by atoms with E-state index in [4.69, 9.17) is 9.47 Å². The summed E-state index contributed by atoms with van der Waals surface area (Å²) in [5, 5.41) is 6.80. The highest BCUT2D eigenvalue weighted by Gasteiger charge is 2.22. The normalized spacial score (nSPS) is 19.2. The fourth-order valence-electron chi connectivity index (χ4n) is 3.64. The average molecular weight is 424 g/mol. The van der Waals surface area contributed by atoms with E-state index in [1.54, 1.807) is 7.05 Å². The van der Waals surface area contributed by atoms with Crippen LogP contribution in [0.2, 0.25) is 0 Å². The van der Waals surface area contributed by atoms with Crippen molar-refractivity contribution in [1.29, 1.82) is 0 Å². The Hall–Kier alpha value is -2.80. The van der Waals surface area contributed by atoms with Crippen molar-refractivity contribution >= 4 is 11.8 Å². The van der Waals surface area contributed by atoms with Gasteiger partial charge < -0.3 is 25.0 Å². The van der Waals surface area contributed by atoms with Crippen LogP contribution in [0.5, 0.6) is 5.75 Å². The van der Waals surface area contributed by atoms with Gasteiger partial charge in [-0.2, -0.15) is 0 Å². The molecule has 2 heterocycles. The van der Waals surface area contributed by atoms with Gasteiger partial charge in [0.1, 0.15) is 11.6 Å². The summed E-state index contributed by atoms with van der Waals surface area (Å²) in [6, 6.07) is 12.4. The third-order valence-electron chi connectivity index (χ3n) is 5.65. The predicted octanol–water partition coefficient (Wildman–Crippen LogP) is 2.96. The lowest BCUT2D eigenvalue weighted by Gasteiger charge is -2.32. The summed E-state index contributed by atoms with van der Waals surface area (Å²) in [5.41, 5.74) is 2.30. The molecular formula is C24H33N5O2. The first kappa shape index (κ1) is 21.4. The van der Waals surface area contributed by atoms with Crippen LogP contribution < -0.4 is 20.3 Å². The minimum Gasteiger partial charge on any atom is -0.493 e. The van der Waals surface area contributed by atoms with Crippen LogP contribution >= 0.6 is 0 Å². The molecule has 31 heavy (non-hydrogen) atoms. The Balaban J connectivity index is 1.30. The molecule has 7 heteroatoms. The Labute approximate surface area is 184 Å². The number of anilines is 1. The van der Waals surface area contributed by atoms with Crippen molar-refractivity contribution in [2.75, 3.05) is 38.3 Å². The van der Waals surface area contributed by atoms with E-state index in [9.17, 15) is 0 Å². The zero-order valence-electron chi connectivity index (χ0n) is 18.5. The highest BCUT2D eigenvalue weighted by molar-refractivity contribution is 5.79. The Morgan fingerprint density at radius 2 is 2.06 bits per heavy atom. The van der Waals surface area contributed by atoms with E-state index in [-0.39, 0.29) is 6.10 Å². The van der Waals surface area contributed by atoms with Crippen LogP contribution in [0.15, 0.2) is 47.6 Å². The molecule has 1 aromatic heterocycles. The van der Waals surface area contributed by atoms with Crippen LogP contribution in [0.25, 0.3) is 0 Å². The second-order valence-electron chi connectivity index (χ2n) is 8.29. The first-order valence-electron chi connectivity index (χ1n) is 11.2. The predicted molar refractivity (Wildman–Crippen MR) is 124 cm³/mol. The highest BCUT2D eigenvalue weighted by Crippen LogP contribution is 2.30. The van der Waals surface area contributed by atoms with Gasteiger partial charge in [0.25, 0.3) is 0 Å². The van der Waals surface area contributed by atoms with Gasteiger partial charge in [0.15, 0.2) is 5.96 Å². The number of para-hydroxylation sites is 1. The van der Waals surface area contributed by atoms with Crippen LogP contribution in [0.1, 0.15) is 30.9 Å². The van der Waals surface area contributed by atoms with E-state index in [0.29, 0.717) is 13.1 Å². The Kier molecular flexibility index (Phi) is 7.25. The number of rotatable bonds is 8. The molecule has 0 amide bonds. The van der Waals surface area contributed by atoms with Gasteiger partial charge in [0.2, 0.25) is 0 Å². The summed E-state index contributed by atoms with van der Waals surface area (Å²) in [4.78, 5) is 11.2. The molecule has 0 radical (unpaired) electrons. The van der Waals surface area contributed by atoms with Gasteiger partial charge in [-0.05, 0) is 49.4 Å². The topological polar surface area (TPSA) is 71.0 Å². The molecule has 7 nitrogen and oxygen atoms in total. The number of morpholine rings is 1. The first-order valence-corrected chi connectivity index (χ1v) is 11.2. The minimum atomic E-state index is 0.233. The van der Waals surface area contributed by atoms with E-state index in [2.05, 4.69) is 44.6 Å². The molecule has 2 fully saturated rings. The maximum Gasteiger partial charge on any atom is 0.191 e. The summed E-state index contributed by atoms with van der Waals surface area (Å²) in [5.74, 6) is 3.45. The molecule has 1 aliphatic carbocycles. The molecule has 0 bridgehead atoms. The van der Waals surface area contributed by atoms with Gasteiger partial charge in [-0.3, -0.25) is 4.99 Å². The van der Waals surface area contributed by atoms with Gasteiger partial charge in [-0.25, -0.2) is 4.98 Å². The van der Waals surface area contributed by atoms with Crippen molar-refractivity contribution in [3.05, 3.63) is 53.7 Å². The standard InChI is InChI=1S/C24H33N5O2/c1-18-16-29(11-12-30-18)23-13-20(9-10-26-23)14-27-24(25-2)28-15-21-5-3-4-6-22(21)31-17-19-7-8-19/h3-6,9-10,13,18-19H,7-8,11-12,14-17H2,1-2H3,(H2,25,27,28). The van der Waals surface area contributed by atoms with E-state index in [0.717, 1.165) is 55.3 Å². The average Bonchev–Trinajstić information content (AvgIpc) is 3.63. The number of nitrogens with one attached hydrogen (secondary N) is 2. The summed E-state index contributed by atoms with van der Waals surface area (Å²) in [7, 11) is 1.79. The van der Waals surface area contributed by atoms with Gasteiger partial charge >= 0.3 is 0 Å². The second kappa shape index (κ2) is 10.5. The summed E-state index contributed by atoms with van der Waals surface area (Å²) >= 11 is 0. The maximum atomic E-state index is 6.01. The molecule has 1 unspecified atom stereocenters. The third-order valence-corrected chi connectivity index (χ3v) is 5.65. The van der Waals surface area contributed by atoms with Crippen LogP contribution in [-0.4, -0.2) is 50.4 Å². The van der Waals surface area contributed by atoms with Gasteiger partial charge in [0.05, 0.1) is 19.3 Å². The summed E-state index contributed by atoms with van der Waals surface area (Å²) < 4.78 is 11.7. The third kappa shape index (κ3) is 6.34. The SMILES string of the molecule is CN=C(NCc1ccnc(N2CCOC(C)C2)c1)NCc1ccccc1OCC1CC1. The number of nitrogens with zero attached hydrogens (tertiary/aromatic N) is 3. The number of benzene rings is 1. The lowest BCUT2D eigenvalue weighted by molar-refractivity contribution is 0.0529. The molecule has 1 saturated heterocycles. The molecule has 4 rings (SSSR count). The van der Waals surface area contributed by atoms with Gasteiger partial charge in [0, 0.05) is 45.0 Å². The van der Waals surface area contributed by atoms with Crippen molar-refractivity contribution in [2.24, 2.45) is 10.9 Å². The number of ether oxygens (including phenoxy) is 2. The van der Waals surface area contributed by atoms with E-state index in [1.807, 2.05) is 30.5 Å². The quantitative estimate of drug-likeness (QED) is 0.503. The molecular weight excluding hydrogens is 390 g/mol. The summed E-state index contributed by atoms with van der Waals surface area (Å²) in [6.45, 7) is 6.74. The minimum absolute atomic E-state index is 0.233. The Morgan fingerprint density at radius 1 is 1.23 bits per heavy atom. The van der Waals surface area contributed by atoms with E-state index in [1.165, 1.54) is 18.4 Å². The van der Waals surface area contributed by atoms with Crippen LogP contribution in [0.4, 0.5) is 5.82 Å². The number of pyridine rings is 1. The molecule has 0 spiro atoms. The van der Waals surface area contributed by atoms with Crippen LogP contribution in [0.3, 0.4) is 0 Å². The lowest BCUT2D eigenvalue weighted by atomic mass is 10.2. The fourth-order valence-corrected chi connectivity index (χ4v) is 3.64. The summed E-state index contributed by atoms with van der Waals surface area (Å²) in [6.07, 6.45) is 4.68. The number of aliphatic imine (C=N–C) groups is 1. The molecule has 2 aliphatic rings. The number of hydrogen-bond donors (Lipinski definition) is 2. The van der Waals surface area contributed by atoms with E-state index >= 15 is 0 Å². The smallest absolute Gasteiger partial charge is 0.191 e. The molecule has 1 aliphatic heterocycles. The Morgan fingerprint density at radius 3 is 2.87 bits per heavy atom. The highest BCUT2D eigenvalue weighted by atomic mass is 16.5. The van der Waals surface area contributed by atoms with Crippen molar-refractivity contribution in [3.8, 4) is 5.75 Å². The Bertz CT molecular complexity index is 884. The van der Waals surface area contributed by atoms with Crippen molar-refractivity contribution in [3.63, 3.8) is 0 Å². The van der Waals surface area contributed by atoms with Gasteiger partial charge in [-0.1, -0.05) is 18.2 Å². The number of hydrogen-bond acceptors (Lipinski definition) is 5. The van der Waals surface area contributed by atoms with Crippen molar-refractivity contribution in [2.45, 2.75) is 39.0 Å². The van der Waals surface area contributed by atoms with Gasteiger partial charge in [-0.15, -0.1) is 0 Å². The fraction of sp³-hybridized carbons (Fsp3) is 0.500. The zero-order valence-corrected chi connectivity index (χ0v) is 18.5. The molecule has 2 aromatic rings. The largest absolute Gasteiger partial charge is 0.493 e. The monoisotopic (exact) mass is 423 g/mol. The number of aromatic nitrogens is 1. The molecule has 1 saturated carbocycles.